The van der Waals surface area contributed by atoms with Crippen molar-refractivity contribution in [1.29, 1.82) is 5.26 Å². The Kier molecular flexibility index (Phi) is 4.21. The maximum absolute atomic E-state index is 12.4. The standard InChI is InChI=1S/C16H15NO3/c1-3-19-13-6-4-12(5-7-13)15(10-17)16(18)14-8-9-20-11(14)2/h4-9,15H,3H2,1-2H3. The van der Waals surface area contributed by atoms with Crippen molar-refractivity contribution in [1.82, 2.24) is 0 Å². The van der Waals surface area contributed by atoms with Gasteiger partial charge in [0, 0.05) is 0 Å². The zero-order valence-corrected chi connectivity index (χ0v) is 11.4. The molecule has 0 amide bonds. The summed E-state index contributed by atoms with van der Waals surface area (Å²) in [7, 11) is 0. The fraction of sp³-hybridized carbons (Fsp3) is 0.250. The van der Waals surface area contributed by atoms with E-state index in [4.69, 9.17) is 9.15 Å². The minimum absolute atomic E-state index is 0.247. The molecule has 102 valence electrons. The quantitative estimate of drug-likeness (QED) is 0.779. The maximum atomic E-state index is 12.4. The van der Waals surface area contributed by atoms with E-state index in [9.17, 15) is 10.1 Å². The van der Waals surface area contributed by atoms with Crippen LogP contribution >= 0.6 is 0 Å². The van der Waals surface area contributed by atoms with Crippen LogP contribution in [-0.4, -0.2) is 12.4 Å². The van der Waals surface area contributed by atoms with E-state index >= 15 is 0 Å². The van der Waals surface area contributed by atoms with E-state index in [1.54, 1.807) is 37.3 Å². The lowest BCUT2D eigenvalue weighted by atomic mass is 9.92. The van der Waals surface area contributed by atoms with Crippen LogP contribution in [0.5, 0.6) is 5.75 Å². The summed E-state index contributed by atoms with van der Waals surface area (Å²) in [6.07, 6.45) is 1.45. The Hall–Kier alpha value is -2.54. The van der Waals surface area contributed by atoms with Gasteiger partial charge in [-0.05, 0) is 37.6 Å². The van der Waals surface area contributed by atoms with Gasteiger partial charge in [0.2, 0.25) is 0 Å². The van der Waals surface area contributed by atoms with Crippen LogP contribution in [0.3, 0.4) is 0 Å². The lowest BCUT2D eigenvalue weighted by molar-refractivity contribution is 0.0977. The molecule has 2 rings (SSSR count). The first-order valence-corrected chi connectivity index (χ1v) is 6.38. The molecule has 0 saturated carbocycles. The van der Waals surface area contributed by atoms with Crippen molar-refractivity contribution >= 4 is 5.78 Å². The first kappa shape index (κ1) is 13.9. The number of rotatable bonds is 5. The smallest absolute Gasteiger partial charge is 0.187 e. The number of aryl methyl sites for hydroxylation is 1. The molecule has 4 nitrogen and oxygen atoms in total. The molecule has 0 fully saturated rings. The minimum atomic E-state index is -0.832. The van der Waals surface area contributed by atoms with Crippen LogP contribution in [0.25, 0.3) is 0 Å². The van der Waals surface area contributed by atoms with E-state index in [0.717, 1.165) is 5.75 Å². The Bertz CT molecular complexity index is 634. The van der Waals surface area contributed by atoms with Crippen molar-refractivity contribution in [3.8, 4) is 11.8 Å². The molecule has 2 aromatic rings. The molecular weight excluding hydrogens is 254 g/mol. The molecule has 0 N–H and O–H groups in total. The first-order chi connectivity index (χ1) is 9.67. The molecule has 1 aromatic heterocycles. The summed E-state index contributed by atoms with van der Waals surface area (Å²) in [6.45, 7) is 4.19. The van der Waals surface area contributed by atoms with Gasteiger partial charge in [-0.2, -0.15) is 5.26 Å². The number of ether oxygens (including phenoxy) is 1. The van der Waals surface area contributed by atoms with Gasteiger partial charge in [-0.15, -0.1) is 0 Å². The molecule has 4 heteroatoms. The average molecular weight is 269 g/mol. The molecule has 0 spiro atoms. The third kappa shape index (κ3) is 2.72. The van der Waals surface area contributed by atoms with Crippen molar-refractivity contribution in [2.75, 3.05) is 6.61 Å². The maximum Gasteiger partial charge on any atom is 0.187 e. The molecule has 0 aliphatic rings. The number of ketones is 1. The topological polar surface area (TPSA) is 63.2 Å². The lowest BCUT2D eigenvalue weighted by Crippen LogP contribution is -2.11. The number of carbonyl (C=O) groups excluding carboxylic acids is 1. The largest absolute Gasteiger partial charge is 0.494 e. The molecule has 0 aliphatic heterocycles. The lowest BCUT2D eigenvalue weighted by Gasteiger charge is -2.09. The van der Waals surface area contributed by atoms with Gasteiger partial charge in [0.25, 0.3) is 0 Å². The number of furan rings is 1. The number of Topliss-reactive ketones (excluding diaryl/α,β-unsaturated/α-hetero) is 1. The van der Waals surface area contributed by atoms with E-state index in [2.05, 4.69) is 6.07 Å². The number of hydrogen-bond donors (Lipinski definition) is 0. The third-order valence-electron chi connectivity index (χ3n) is 3.04. The molecule has 1 atom stereocenters. The van der Waals surface area contributed by atoms with Gasteiger partial charge in [0.05, 0.1) is 24.5 Å². The molecule has 1 unspecified atom stereocenters. The summed E-state index contributed by atoms with van der Waals surface area (Å²) in [4.78, 5) is 12.4. The molecule has 20 heavy (non-hydrogen) atoms. The van der Waals surface area contributed by atoms with E-state index < -0.39 is 5.92 Å². The van der Waals surface area contributed by atoms with Gasteiger partial charge in [0.1, 0.15) is 17.4 Å². The van der Waals surface area contributed by atoms with Gasteiger partial charge in [-0.3, -0.25) is 4.79 Å². The predicted octanol–water partition coefficient (Wildman–Crippen LogP) is 3.48. The third-order valence-corrected chi connectivity index (χ3v) is 3.04. The van der Waals surface area contributed by atoms with Crippen molar-refractivity contribution in [3.63, 3.8) is 0 Å². The molecule has 0 bridgehead atoms. The van der Waals surface area contributed by atoms with Crippen LogP contribution in [0.4, 0.5) is 0 Å². The SMILES string of the molecule is CCOc1ccc(C(C#N)C(=O)c2ccoc2C)cc1. The van der Waals surface area contributed by atoms with Crippen LogP contribution in [-0.2, 0) is 0 Å². The molecule has 0 radical (unpaired) electrons. The number of nitrogens with zero attached hydrogens (tertiary/aromatic N) is 1. The highest BCUT2D eigenvalue weighted by molar-refractivity contribution is 6.03. The molecule has 1 heterocycles. The van der Waals surface area contributed by atoms with E-state index in [0.29, 0.717) is 23.5 Å². The molecule has 0 aliphatic carbocycles. The second kappa shape index (κ2) is 6.07. The highest BCUT2D eigenvalue weighted by Gasteiger charge is 2.24. The van der Waals surface area contributed by atoms with Crippen LogP contribution in [0.15, 0.2) is 41.0 Å². The van der Waals surface area contributed by atoms with Crippen molar-refractivity contribution < 1.29 is 13.9 Å². The summed E-state index contributed by atoms with van der Waals surface area (Å²) in [5.41, 5.74) is 1.10. The monoisotopic (exact) mass is 269 g/mol. The normalized spacial score (nSPS) is 11.7. The zero-order chi connectivity index (χ0) is 14.5. The summed E-state index contributed by atoms with van der Waals surface area (Å²) >= 11 is 0. The van der Waals surface area contributed by atoms with Gasteiger partial charge in [-0.1, -0.05) is 12.1 Å². The molecule has 1 aromatic carbocycles. The molecule has 0 saturated heterocycles. The molecular formula is C16H15NO3. The predicted molar refractivity (Wildman–Crippen MR) is 73.7 cm³/mol. The summed E-state index contributed by atoms with van der Waals surface area (Å²) in [6, 6.07) is 10.7. The second-order valence-corrected chi connectivity index (χ2v) is 4.32. The van der Waals surface area contributed by atoms with Gasteiger partial charge < -0.3 is 9.15 Å². The van der Waals surface area contributed by atoms with E-state index in [-0.39, 0.29) is 5.78 Å². The summed E-state index contributed by atoms with van der Waals surface area (Å²) in [5, 5.41) is 9.28. The Morgan fingerprint density at radius 3 is 2.55 bits per heavy atom. The number of carbonyl (C=O) groups is 1. The highest BCUT2D eigenvalue weighted by atomic mass is 16.5. The Morgan fingerprint density at radius 2 is 2.05 bits per heavy atom. The Morgan fingerprint density at radius 1 is 1.35 bits per heavy atom. The van der Waals surface area contributed by atoms with Crippen LogP contribution in [0, 0.1) is 18.3 Å². The summed E-state index contributed by atoms with van der Waals surface area (Å²) in [5.74, 6) is 0.172. The van der Waals surface area contributed by atoms with Crippen molar-refractivity contribution in [2.45, 2.75) is 19.8 Å². The second-order valence-electron chi connectivity index (χ2n) is 4.32. The number of benzene rings is 1. The van der Waals surface area contributed by atoms with Gasteiger partial charge in [0.15, 0.2) is 5.78 Å². The number of hydrogen-bond acceptors (Lipinski definition) is 4. The van der Waals surface area contributed by atoms with Crippen molar-refractivity contribution in [2.24, 2.45) is 0 Å². The summed E-state index contributed by atoms with van der Waals surface area (Å²) < 4.78 is 10.5. The van der Waals surface area contributed by atoms with E-state index in [1.165, 1.54) is 6.26 Å². The first-order valence-electron chi connectivity index (χ1n) is 6.38. The minimum Gasteiger partial charge on any atom is -0.494 e. The van der Waals surface area contributed by atoms with Crippen LogP contribution in [0.1, 0.15) is 34.5 Å². The average Bonchev–Trinajstić information content (AvgIpc) is 2.88. The van der Waals surface area contributed by atoms with E-state index in [1.807, 2.05) is 6.92 Å². The Balaban J connectivity index is 2.27. The fourth-order valence-corrected chi connectivity index (χ4v) is 2.00. The van der Waals surface area contributed by atoms with Crippen molar-refractivity contribution in [3.05, 3.63) is 53.5 Å². The van der Waals surface area contributed by atoms with Crippen LogP contribution in [0.2, 0.25) is 0 Å². The fourth-order valence-electron chi connectivity index (χ4n) is 2.00. The van der Waals surface area contributed by atoms with Gasteiger partial charge in [-0.25, -0.2) is 0 Å². The Labute approximate surface area is 117 Å². The zero-order valence-electron chi connectivity index (χ0n) is 11.4. The number of nitriles is 1. The van der Waals surface area contributed by atoms with Crippen LogP contribution < -0.4 is 4.74 Å². The highest BCUT2D eigenvalue weighted by Crippen LogP contribution is 2.24. The van der Waals surface area contributed by atoms with Gasteiger partial charge >= 0.3 is 0 Å².